The summed E-state index contributed by atoms with van der Waals surface area (Å²) in [5.74, 6) is 1.40. The van der Waals surface area contributed by atoms with Gasteiger partial charge in [-0.05, 0) is 48.5 Å². The van der Waals surface area contributed by atoms with Crippen LogP contribution < -0.4 is 9.64 Å². The Balaban J connectivity index is 1.29. The van der Waals surface area contributed by atoms with Crippen molar-refractivity contribution in [3.05, 3.63) is 70.7 Å². The first-order valence-corrected chi connectivity index (χ1v) is 10.3. The van der Waals surface area contributed by atoms with E-state index in [4.69, 9.17) is 27.9 Å². The van der Waals surface area contributed by atoms with Crippen molar-refractivity contribution in [3.63, 3.8) is 0 Å². The number of hydrogen-bond donors (Lipinski definition) is 0. The molecule has 2 heterocycles. The van der Waals surface area contributed by atoms with Crippen molar-refractivity contribution in [2.24, 2.45) is 0 Å². The minimum absolute atomic E-state index is 0.0111. The second-order valence-electron chi connectivity index (χ2n) is 6.89. The number of carbonyl (C=O) groups is 1. The van der Waals surface area contributed by atoms with E-state index < -0.39 is 0 Å². The normalized spacial score (nSPS) is 13.9. The van der Waals surface area contributed by atoms with Crippen LogP contribution in [-0.4, -0.2) is 53.8 Å². The van der Waals surface area contributed by atoms with Crippen molar-refractivity contribution in [1.82, 2.24) is 15.1 Å². The van der Waals surface area contributed by atoms with Crippen LogP contribution in [0.5, 0.6) is 5.75 Å². The highest BCUT2D eigenvalue weighted by molar-refractivity contribution is 6.30. The van der Waals surface area contributed by atoms with E-state index >= 15 is 0 Å². The van der Waals surface area contributed by atoms with Crippen molar-refractivity contribution < 1.29 is 9.53 Å². The van der Waals surface area contributed by atoms with Gasteiger partial charge in [-0.2, -0.15) is 0 Å². The molecule has 0 spiro atoms. The standard InChI is InChI=1S/C22H20Cl2N4O2/c23-17-3-1-16(2-4-17)20-9-10-21(26-25-20)27-11-13-28(14-12-27)22(29)15-30-19-7-5-18(24)6-8-19/h1-10H,11-15H2. The lowest BCUT2D eigenvalue weighted by Crippen LogP contribution is -2.50. The van der Waals surface area contributed by atoms with Gasteiger partial charge in [0.25, 0.3) is 5.91 Å². The molecule has 1 amide bonds. The van der Waals surface area contributed by atoms with Crippen LogP contribution in [0.15, 0.2) is 60.7 Å². The van der Waals surface area contributed by atoms with Gasteiger partial charge in [0.15, 0.2) is 12.4 Å². The number of amides is 1. The van der Waals surface area contributed by atoms with Crippen LogP contribution in [0.25, 0.3) is 11.3 Å². The lowest BCUT2D eigenvalue weighted by Gasteiger charge is -2.35. The molecule has 0 unspecified atom stereocenters. The lowest BCUT2D eigenvalue weighted by molar-refractivity contribution is -0.133. The number of halogens is 2. The van der Waals surface area contributed by atoms with Gasteiger partial charge in [0, 0.05) is 41.8 Å². The Hall–Kier alpha value is -2.83. The fourth-order valence-corrected chi connectivity index (χ4v) is 3.47. The molecule has 1 fully saturated rings. The molecule has 1 aliphatic rings. The largest absolute Gasteiger partial charge is 0.484 e. The predicted octanol–water partition coefficient (Wildman–Crippen LogP) is 4.18. The molecule has 0 bridgehead atoms. The summed E-state index contributed by atoms with van der Waals surface area (Å²) < 4.78 is 5.56. The zero-order valence-electron chi connectivity index (χ0n) is 16.2. The maximum Gasteiger partial charge on any atom is 0.260 e. The average Bonchev–Trinajstić information content (AvgIpc) is 2.79. The molecule has 1 saturated heterocycles. The Bertz CT molecular complexity index is 987. The average molecular weight is 443 g/mol. The van der Waals surface area contributed by atoms with Gasteiger partial charge in [-0.15, -0.1) is 10.2 Å². The molecule has 2 aromatic carbocycles. The number of benzene rings is 2. The Morgan fingerprint density at radius 1 is 0.833 bits per heavy atom. The van der Waals surface area contributed by atoms with Crippen LogP contribution in [-0.2, 0) is 4.79 Å². The fourth-order valence-electron chi connectivity index (χ4n) is 3.22. The first-order chi connectivity index (χ1) is 14.6. The van der Waals surface area contributed by atoms with Crippen LogP contribution in [0.3, 0.4) is 0 Å². The predicted molar refractivity (Wildman–Crippen MR) is 118 cm³/mol. The van der Waals surface area contributed by atoms with Crippen molar-refractivity contribution in [2.45, 2.75) is 0 Å². The van der Waals surface area contributed by atoms with E-state index in [1.54, 1.807) is 24.3 Å². The Morgan fingerprint density at radius 3 is 2.07 bits per heavy atom. The van der Waals surface area contributed by atoms with Crippen LogP contribution >= 0.6 is 23.2 Å². The summed E-state index contributed by atoms with van der Waals surface area (Å²) in [6.45, 7) is 2.63. The third kappa shape index (κ3) is 5.01. The summed E-state index contributed by atoms with van der Waals surface area (Å²) in [4.78, 5) is 16.4. The quantitative estimate of drug-likeness (QED) is 0.592. The molecule has 154 valence electrons. The van der Waals surface area contributed by atoms with E-state index in [2.05, 4.69) is 15.1 Å². The first-order valence-electron chi connectivity index (χ1n) is 9.59. The van der Waals surface area contributed by atoms with Gasteiger partial charge in [-0.3, -0.25) is 4.79 Å². The summed E-state index contributed by atoms with van der Waals surface area (Å²) in [7, 11) is 0. The molecule has 6 nitrogen and oxygen atoms in total. The smallest absolute Gasteiger partial charge is 0.260 e. The number of aromatic nitrogens is 2. The number of nitrogens with zero attached hydrogens (tertiary/aromatic N) is 4. The Labute approximate surface area is 185 Å². The molecule has 0 radical (unpaired) electrons. The number of ether oxygens (including phenoxy) is 1. The summed E-state index contributed by atoms with van der Waals surface area (Å²) in [6.07, 6.45) is 0. The van der Waals surface area contributed by atoms with Crippen molar-refractivity contribution in [2.75, 3.05) is 37.7 Å². The van der Waals surface area contributed by atoms with Crippen LogP contribution in [0.4, 0.5) is 5.82 Å². The molecular formula is C22H20Cl2N4O2. The highest BCUT2D eigenvalue weighted by Crippen LogP contribution is 2.21. The number of hydrogen-bond acceptors (Lipinski definition) is 5. The highest BCUT2D eigenvalue weighted by atomic mass is 35.5. The highest BCUT2D eigenvalue weighted by Gasteiger charge is 2.22. The van der Waals surface area contributed by atoms with Gasteiger partial charge in [0.05, 0.1) is 5.69 Å². The van der Waals surface area contributed by atoms with Gasteiger partial charge < -0.3 is 14.5 Å². The molecule has 3 aromatic rings. The van der Waals surface area contributed by atoms with Crippen molar-refractivity contribution >= 4 is 34.9 Å². The number of carbonyl (C=O) groups excluding carboxylic acids is 1. The summed E-state index contributed by atoms with van der Waals surface area (Å²) in [6, 6.07) is 18.4. The SMILES string of the molecule is O=C(COc1ccc(Cl)cc1)N1CCN(c2ccc(-c3ccc(Cl)cc3)nn2)CC1. The maximum atomic E-state index is 12.4. The maximum absolute atomic E-state index is 12.4. The molecular weight excluding hydrogens is 423 g/mol. The zero-order valence-corrected chi connectivity index (χ0v) is 17.7. The topological polar surface area (TPSA) is 58.6 Å². The van der Waals surface area contributed by atoms with Crippen molar-refractivity contribution in [1.29, 1.82) is 0 Å². The van der Waals surface area contributed by atoms with E-state index in [1.807, 2.05) is 41.3 Å². The first kappa shape index (κ1) is 20.4. The van der Waals surface area contributed by atoms with Crippen LogP contribution in [0.1, 0.15) is 0 Å². The monoisotopic (exact) mass is 442 g/mol. The van der Waals surface area contributed by atoms with E-state index in [0.29, 0.717) is 42.0 Å². The number of anilines is 1. The molecule has 0 N–H and O–H groups in total. The van der Waals surface area contributed by atoms with Gasteiger partial charge in [0.1, 0.15) is 5.75 Å². The molecule has 0 atom stereocenters. The molecule has 8 heteroatoms. The van der Waals surface area contributed by atoms with Gasteiger partial charge in [-0.25, -0.2) is 0 Å². The lowest BCUT2D eigenvalue weighted by atomic mass is 10.1. The summed E-state index contributed by atoms with van der Waals surface area (Å²) in [5.41, 5.74) is 1.76. The second-order valence-corrected chi connectivity index (χ2v) is 7.77. The number of rotatable bonds is 5. The molecule has 4 rings (SSSR count). The van der Waals surface area contributed by atoms with Gasteiger partial charge in [0.2, 0.25) is 0 Å². The van der Waals surface area contributed by atoms with E-state index in [1.165, 1.54) is 0 Å². The van der Waals surface area contributed by atoms with Crippen molar-refractivity contribution in [3.8, 4) is 17.0 Å². The third-order valence-corrected chi connectivity index (χ3v) is 5.43. The Kier molecular flexibility index (Phi) is 6.35. The Morgan fingerprint density at radius 2 is 1.47 bits per heavy atom. The third-order valence-electron chi connectivity index (χ3n) is 4.92. The molecule has 1 aromatic heterocycles. The molecule has 30 heavy (non-hydrogen) atoms. The van der Waals surface area contributed by atoms with E-state index in [9.17, 15) is 4.79 Å². The van der Waals surface area contributed by atoms with Gasteiger partial charge in [-0.1, -0.05) is 35.3 Å². The van der Waals surface area contributed by atoms with E-state index in [-0.39, 0.29) is 12.5 Å². The minimum Gasteiger partial charge on any atom is -0.484 e. The minimum atomic E-state index is -0.0335. The molecule has 0 aliphatic carbocycles. The molecule has 0 saturated carbocycles. The fraction of sp³-hybridized carbons (Fsp3) is 0.227. The zero-order chi connectivity index (χ0) is 20.9. The molecule has 1 aliphatic heterocycles. The summed E-state index contributed by atoms with van der Waals surface area (Å²) in [5, 5.41) is 10.0. The van der Waals surface area contributed by atoms with Crippen LogP contribution in [0, 0.1) is 0 Å². The second kappa shape index (κ2) is 9.32. The van der Waals surface area contributed by atoms with Gasteiger partial charge >= 0.3 is 0 Å². The van der Waals surface area contributed by atoms with E-state index in [0.717, 1.165) is 17.1 Å². The summed E-state index contributed by atoms with van der Waals surface area (Å²) >= 11 is 11.8. The van der Waals surface area contributed by atoms with Crippen LogP contribution in [0.2, 0.25) is 10.0 Å². The number of piperazine rings is 1.